The van der Waals surface area contributed by atoms with E-state index in [1.54, 1.807) is 6.20 Å². The minimum absolute atomic E-state index is 0.666. The molecule has 0 aliphatic carbocycles. The van der Waals surface area contributed by atoms with Gasteiger partial charge in [-0.2, -0.15) is 4.98 Å². The summed E-state index contributed by atoms with van der Waals surface area (Å²) in [6.07, 6.45) is 5.53. The molecule has 1 aliphatic rings. The summed E-state index contributed by atoms with van der Waals surface area (Å²) in [5, 5.41) is 3.22. The third kappa shape index (κ3) is 4.45. The first-order chi connectivity index (χ1) is 9.29. The van der Waals surface area contributed by atoms with Gasteiger partial charge in [0.1, 0.15) is 5.82 Å². The largest absolute Gasteiger partial charge is 0.369 e. The van der Waals surface area contributed by atoms with Crippen molar-refractivity contribution in [3.63, 3.8) is 0 Å². The highest BCUT2D eigenvalue weighted by molar-refractivity contribution is 7.84. The zero-order valence-electron chi connectivity index (χ0n) is 11.5. The van der Waals surface area contributed by atoms with Gasteiger partial charge < -0.3 is 10.2 Å². The van der Waals surface area contributed by atoms with Crippen LogP contribution in [0.4, 0.5) is 11.8 Å². The molecule has 2 heterocycles. The number of nitrogens with one attached hydrogen (secondary N) is 1. The average molecular weight is 282 g/mol. The van der Waals surface area contributed by atoms with Gasteiger partial charge in [-0.15, -0.1) is 0 Å². The Morgan fingerprint density at radius 2 is 2.16 bits per heavy atom. The van der Waals surface area contributed by atoms with Crippen LogP contribution in [0.5, 0.6) is 0 Å². The molecular formula is C13H22N4OS. The Morgan fingerprint density at radius 1 is 1.37 bits per heavy atom. The van der Waals surface area contributed by atoms with Gasteiger partial charge in [0.15, 0.2) is 0 Å². The summed E-state index contributed by atoms with van der Waals surface area (Å²) in [5.74, 6) is 3.01. The molecule has 2 rings (SSSR count). The second kappa shape index (κ2) is 7.43. The highest BCUT2D eigenvalue weighted by atomic mass is 32.2. The summed E-state index contributed by atoms with van der Waals surface area (Å²) in [5.41, 5.74) is 0. The molecule has 0 aromatic carbocycles. The van der Waals surface area contributed by atoms with Crippen molar-refractivity contribution in [1.29, 1.82) is 0 Å². The molecule has 1 aromatic heterocycles. The highest BCUT2D eigenvalue weighted by Gasteiger charge is 2.13. The maximum atomic E-state index is 11.3. The van der Waals surface area contributed by atoms with E-state index in [0.717, 1.165) is 24.9 Å². The topological polar surface area (TPSA) is 58.1 Å². The van der Waals surface area contributed by atoms with Crippen molar-refractivity contribution in [1.82, 2.24) is 9.97 Å². The van der Waals surface area contributed by atoms with Gasteiger partial charge in [0, 0.05) is 48.1 Å². The predicted octanol–water partition coefficient (Wildman–Crippen LogP) is 1.65. The van der Waals surface area contributed by atoms with Crippen LogP contribution in [-0.4, -0.2) is 45.3 Å². The number of hydrogen-bond donors (Lipinski definition) is 1. The highest BCUT2D eigenvalue weighted by Crippen LogP contribution is 2.16. The molecule has 5 nitrogen and oxygen atoms in total. The first-order valence-electron chi connectivity index (χ1n) is 6.96. The third-order valence-electron chi connectivity index (χ3n) is 3.24. The Bertz CT molecular complexity index is 421. The fourth-order valence-electron chi connectivity index (χ4n) is 2.13. The van der Waals surface area contributed by atoms with E-state index in [1.165, 1.54) is 19.3 Å². The summed E-state index contributed by atoms with van der Waals surface area (Å²) in [7, 11) is -0.727. The molecular weight excluding hydrogens is 260 g/mol. The minimum atomic E-state index is -0.727. The van der Waals surface area contributed by atoms with Crippen molar-refractivity contribution in [3.05, 3.63) is 12.3 Å². The lowest BCUT2D eigenvalue weighted by atomic mass is 10.1. The predicted molar refractivity (Wildman–Crippen MR) is 80.1 cm³/mol. The molecule has 6 heteroatoms. The third-order valence-corrected chi connectivity index (χ3v) is 4.54. The van der Waals surface area contributed by atoms with Crippen LogP contribution in [0, 0.1) is 0 Å². The molecule has 1 aromatic rings. The Hall–Kier alpha value is -1.17. The van der Waals surface area contributed by atoms with Crippen molar-refractivity contribution in [3.8, 4) is 0 Å². The Labute approximate surface area is 117 Å². The van der Waals surface area contributed by atoms with Crippen LogP contribution in [0.1, 0.15) is 26.2 Å². The summed E-state index contributed by atoms with van der Waals surface area (Å²) >= 11 is 0. The fraction of sp³-hybridized carbons (Fsp3) is 0.692. The standard InChI is InChI=1S/C13H22N4OS/c1-2-19(18)11-8-14-12-6-7-15-13(16-12)17-9-4-3-5-10-17/h6-7H,2-5,8-11H2,1H3,(H,14,15,16). The van der Waals surface area contributed by atoms with E-state index in [9.17, 15) is 4.21 Å². The van der Waals surface area contributed by atoms with Gasteiger partial charge in [-0.25, -0.2) is 4.98 Å². The molecule has 0 saturated carbocycles. The van der Waals surface area contributed by atoms with Gasteiger partial charge in [0.05, 0.1) is 0 Å². The normalized spacial score (nSPS) is 17.2. The van der Waals surface area contributed by atoms with Gasteiger partial charge in [-0.1, -0.05) is 6.92 Å². The van der Waals surface area contributed by atoms with Crippen LogP contribution in [0.15, 0.2) is 12.3 Å². The number of hydrogen-bond acceptors (Lipinski definition) is 5. The number of nitrogens with zero attached hydrogens (tertiary/aromatic N) is 3. The number of anilines is 2. The number of piperidine rings is 1. The van der Waals surface area contributed by atoms with Crippen LogP contribution in [0.25, 0.3) is 0 Å². The second-order valence-electron chi connectivity index (χ2n) is 4.65. The smallest absolute Gasteiger partial charge is 0.227 e. The summed E-state index contributed by atoms with van der Waals surface area (Å²) in [6.45, 7) is 4.72. The molecule has 1 aliphatic heterocycles. The summed E-state index contributed by atoms with van der Waals surface area (Å²) in [6, 6.07) is 1.86. The molecule has 0 spiro atoms. The van der Waals surface area contributed by atoms with E-state index in [1.807, 2.05) is 13.0 Å². The molecule has 0 bridgehead atoms. The molecule has 106 valence electrons. The SMILES string of the molecule is CCS(=O)CCNc1ccnc(N2CCCCC2)n1. The number of aromatic nitrogens is 2. The lowest BCUT2D eigenvalue weighted by Crippen LogP contribution is -2.31. The van der Waals surface area contributed by atoms with Crippen molar-refractivity contribution in [2.75, 3.05) is 41.4 Å². The van der Waals surface area contributed by atoms with Crippen LogP contribution in [-0.2, 0) is 10.8 Å². The lowest BCUT2D eigenvalue weighted by molar-refractivity contribution is 0.568. The first-order valence-corrected chi connectivity index (χ1v) is 8.45. The lowest BCUT2D eigenvalue weighted by Gasteiger charge is -2.26. The monoisotopic (exact) mass is 282 g/mol. The summed E-state index contributed by atoms with van der Waals surface area (Å²) in [4.78, 5) is 11.1. The molecule has 0 amide bonds. The van der Waals surface area contributed by atoms with Crippen LogP contribution in [0.3, 0.4) is 0 Å². The van der Waals surface area contributed by atoms with Crippen molar-refractivity contribution >= 4 is 22.6 Å². The van der Waals surface area contributed by atoms with Crippen LogP contribution >= 0.6 is 0 Å². The molecule has 1 fully saturated rings. The molecule has 1 N–H and O–H groups in total. The molecule has 1 saturated heterocycles. The van der Waals surface area contributed by atoms with Gasteiger partial charge >= 0.3 is 0 Å². The summed E-state index contributed by atoms with van der Waals surface area (Å²) < 4.78 is 11.3. The van der Waals surface area contributed by atoms with Crippen molar-refractivity contribution < 1.29 is 4.21 Å². The van der Waals surface area contributed by atoms with E-state index in [2.05, 4.69) is 20.2 Å². The average Bonchev–Trinajstić information content (AvgIpc) is 2.48. The fourth-order valence-corrected chi connectivity index (χ4v) is 2.75. The van der Waals surface area contributed by atoms with Crippen LogP contribution in [0.2, 0.25) is 0 Å². The number of rotatable bonds is 6. The van der Waals surface area contributed by atoms with E-state index < -0.39 is 10.8 Å². The zero-order chi connectivity index (χ0) is 13.5. The van der Waals surface area contributed by atoms with Gasteiger partial charge in [0.25, 0.3) is 0 Å². The zero-order valence-corrected chi connectivity index (χ0v) is 12.3. The minimum Gasteiger partial charge on any atom is -0.369 e. The maximum absolute atomic E-state index is 11.3. The Balaban J connectivity index is 1.89. The Kier molecular flexibility index (Phi) is 5.57. The van der Waals surface area contributed by atoms with Crippen LogP contribution < -0.4 is 10.2 Å². The van der Waals surface area contributed by atoms with Crippen molar-refractivity contribution in [2.45, 2.75) is 26.2 Å². The molecule has 1 atom stereocenters. The van der Waals surface area contributed by atoms with E-state index in [-0.39, 0.29) is 0 Å². The van der Waals surface area contributed by atoms with E-state index in [0.29, 0.717) is 18.1 Å². The van der Waals surface area contributed by atoms with Crippen molar-refractivity contribution in [2.24, 2.45) is 0 Å². The molecule has 19 heavy (non-hydrogen) atoms. The van der Waals surface area contributed by atoms with Gasteiger partial charge in [-0.05, 0) is 25.3 Å². The maximum Gasteiger partial charge on any atom is 0.227 e. The second-order valence-corrected chi connectivity index (χ2v) is 6.51. The quantitative estimate of drug-likeness (QED) is 0.859. The molecule has 1 unspecified atom stereocenters. The van der Waals surface area contributed by atoms with E-state index >= 15 is 0 Å². The van der Waals surface area contributed by atoms with Gasteiger partial charge in [0.2, 0.25) is 5.95 Å². The van der Waals surface area contributed by atoms with E-state index in [4.69, 9.17) is 0 Å². The van der Waals surface area contributed by atoms with Gasteiger partial charge in [-0.3, -0.25) is 4.21 Å². The molecule has 0 radical (unpaired) electrons. The Morgan fingerprint density at radius 3 is 2.89 bits per heavy atom. The first kappa shape index (κ1) is 14.2.